The van der Waals surface area contributed by atoms with Gasteiger partial charge in [-0.15, -0.1) is 0 Å². The van der Waals surface area contributed by atoms with Gasteiger partial charge in [-0.05, 0) is 18.8 Å². The monoisotopic (exact) mass is 206 g/mol. The summed E-state index contributed by atoms with van der Waals surface area (Å²) >= 11 is 0. The van der Waals surface area contributed by atoms with Gasteiger partial charge in [-0.25, -0.2) is 0 Å². The molecule has 4 rings (SSSR count). The van der Waals surface area contributed by atoms with Crippen LogP contribution in [0.3, 0.4) is 0 Å². The Balaban J connectivity index is 1.84. The highest BCUT2D eigenvalue weighted by atomic mass is 16.5. The summed E-state index contributed by atoms with van der Waals surface area (Å²) in [4.78, 5) is 2.41. The number of anilines is 1. The molecule has 2 saturated heterocycles. The summed E-state index contributed by atoms with van der Waals surface area (Å²) in [6.45, 7) is 7.64. The minimum atomic E-state index is 0.0634. The van der Waals surface area contributed by atoms with E-state index in [1.54, 1.807) is 0 Å². The van der Waals surface area contributed by atoms with Crippen LogP contribution < -0.4 is 4.90 Å². The smallest absolute Gasteiger partial charge is 0.172 e. The Hall–Kier alpha value is -0.990. The maximum Gasteiger partial charge on any atom is 0.172 e. The normalized spacial score (nSPS) is 29.4. The van der Waals surface area contributed by atoms with Crippen LogP contribution in [0.4, 0.5) is 5.82 Å². The lowest BCUT2D eigenvalue weighted by Gasteiger charge is -2.25. The molecule has 2 bridgehead atoms. The molecule has 0 atom stereocenters. The number of hydrogen-bond acceptors (Lipinski definition) is 3. The molecule has 0 unspecified atom stereocenters. The van der Waals surface area contributed by atoms with Gasteiger partial charge in [0.25, 0.3) is 0 Å². The van der Waals surface area contributed by atoms with Crippen molar-refractivity contribution in [3.05, 3.63) is 11.8 Å². The molecule has 0 N–H and O–H groups in total. The molecular weight excluding hydrogens is 188 g/mol. The van der Waals surface area contributed by atoms with E-state index in [-0.39, 0.29) is 5.41 Å². The average molecular weight is 206 g/mol. The molecule has 0 radical (unpaired) electrons. The number of fused-ring (bicyclic) bond motifs is 1. The highest BCUT2D eigenvalue weighted by molar-refractivity contribution is 5.44. The molecule has 1 aromatic heterocycles. The molecule has 1 aliphatic carbocycles. The Bertz CT molecular complexity index is 371. The minimum absolute atomic E-state index is 0.0634. The fourth-order valence-electron chi connectivity index (χ4n) is 2.57. The summed E-state index contributed by atoms with van der Waals surface area (Å²) in [7, 11) is 0. The first-order chi connectivity index (χ1) is 7.04. The predicted molar refractivity (Wildman–Crippen MR) is 59.1 cm³/mol. The van der Waals surface area contributed by atoms with Gasteiger partial charge in [-0.3, -0.25) is 0 Å². The molecule has 0 aromatic carbocycles. The van der Waals surface area contributed by atoms with E-state index in [4.69, 9.17) is 4.52 Å². The van der Waals surface area contributed by atoms with E-state index in [0.29, 0.717) is 0 Å². The molecular formula is C12H18N2O. The highest BCUT2D eigenvalue weighted by Gasteiger charge is 2.43. The second kappa shape index (κ2) is 2.77. The third-order valence-corrected chi connectivity index (χ3v) is 3.64. The van der Waals surface area contributed by atoms with E-state index in [0.717, 1.165) is 23.5 Å². The van der Waals surface area contributed by atoms with Gasteiger partial charge in [0.2, 0.25) is 0 Å². The number of hydrogen-bond donors (Lipinski definition) is 0. The summed E-state index contributed by atoms with van der Waals surface area (Å²) in [6.07, 6.45) is 2.72. The van der Waals surface area contributed by atoms with Crippen molar-refractivity contribution in [3.63, 3.8) is 0 Å². The summed E-state index contributed by atoms with van der Waals surface area (Å²) < 4.78 is 5.42. The average Bonchev–Trinajstić information content (AvgIpc) is 2.74. The molecule has 0 spiro atoms. The molecule has 3 fully saturated rings. The molecule has 3 heteroatoms. The number of rotatable bonds is 1. The molecule has 0 amide bonds. The van der Waals surface area contributed by atoms with Crippen LogP contribution in [0.25, 0.3) is 0 Å². The zero-order chi connectivity index (χ0) is 10.6. The topological polar surface area (TPSA) is 29.3 Å². The predicted octanol–water partition coefficient (Wildman–Crippen LogP) is 2.57. The lowest BCUT2D eigenvalue weighted by molar-refractivity contribution is 0.328. The summed E-state index contributed by atoms with van der Waals surface area (Å²) in [6, 6.07) is 2.86. The summed E-state index contributed by atoms with van der Waals surface area (Å²) in [5.41, 5.74) is 0.0634. The van der Waals surface area contributed by atoms with E-state index < -0.39 is 0 Å². The minimum Gasteiger partial charge on any atom is -0.359 e. The summed E-state index contributed by atoms with van der Waals surface area (Å²) in [5.74, 6) is 2.95. The van der Waals surface area contributed by atoms with Gasteiger partial charge in [-0.1, -0.05) is 25.9 Å². The van der Waals surface area contributed by atoms with Crippen molar-refractivity contribution in [2.75, 3.05) is 11.4 Å². The molecule has 1 aromatic rings. The van der Waals surface area contributed by atoms with Crippen LogP contribution in [0.15, 0.2) is 10.6 Å². The van der Waals surface area contributed by atoms with Crippen molar-refractivity contribution in [2.24, 2.45) is 5.92 Å². The molecule has 3 heterocycles. The van der Waals surface area contributed by atoms with E-state index in [1.807, 2.05) is 0 Å². The quantitative estimate of drug-likeness (QED) is 0.707. The lowest BCUT2D eigenvalue weighted by Crippen LogP contribution is -2.28. The van der Waals surface area contributed by atoms with E-state index in [9.17, 15) is 0 Å². The van der Waals surface area contributed by atoms with Crippen LogP contribution in [0.2, 0.25) is 0 Å². The Morgan fingerprint density at radius 2 is 2.13 bits per heavy atom. The van der Waals surface area contributed by atoms with Crippen LogP contribution in [0, 0.1) is 5.92 Å². The maximum atomic E-state index is 5.42. The van der Waals surface area contributed by atoms with Gasteiger partial charge in [0, 0.05) is 24.1 Å². The largest absolute Gasteiger partial charge is 0.359 e. The van der Waals surface area contributed by atoms with Gasteiger partial charge in [0.15, 0.2) is 5.82 Å². The zero-order valence-corrected chi connectivity index (χ0v) is 9.66. The number of nitrogens with zero attached hydrogens (tertiary/aromatic N) is 2. The second-order valence-corrected chi connectivity index (χ2v) is 5.94. The van der Waals surface area contributed by atoms with Gasteiger partial charge in [-0.2, -0.15) is 0 Å². The van der Waals surface area contributed by atoms with Crippen LogP contribution in [0.1, 0.15) is 39.4 Å². The first-order valence-corrected chi connectivity index (χ1v) is 5.78. The highest BCUT2D eigenvalue weighted by Crippen LogP contribution is 2.43. The Morgan fingerprint density at radius 1 is 1.40 bits per heavy atom. The molecule has 2 aliphatic heterocycles. The van der Waals surface area contributed by atoms with Crippen LogP contribution in [-0.2, 0) is 5.41 Å². The number of aromatic nitrogens is 1. The van der Waals surface area contributed by atoms with Gasteiger partial charge >= 0.3 is 0 Å². The fraction of sp³-hybridized carbons (Fsp3) is 0.750. The Labute approximate surface area is 90.4 Å². The van der Waals surface area contributed by atoms with E-state index in [2.05, 4.69) is 36.9 Å². The van der Waals surface area contributed by atoms with Crippen molar-refractivity contribution in [1.29, 1.82) is 0 Å². The van der Waals surface area contributed by atoms with E-state index in [1.165, 1.54) is 19.4 Å². The van der Waals surface area contributed by atoms with Crippen molar-refractivity contribution in [3.8, 4) is 0 Å². The molecule has 1 saturated carbocycles. The van der Waals surface area contributed by atoms with Crippen molar-refractivity contribution < 1.29 is 4.52 Å². The van der Waals surface area contributed by atoms with E-state index >= 15 is 0 Å². The van der Waals surface area contributed by atoms with Gasteiger partial charge in [0.05, 0.1) is 0 Å². The SMILES string of the molecule is CC(C)(C)c1cc(N2CC3CC2C3)no1. The first kappa shape index (κ1) is 9.25. The molecule has 15 heavy (non-hydrogen) atoms. The van der Waals surface area contributed by atoms with Crippen LogP contribution in [0.5, 0.6) is 0 Å². The standard InChI is InChI=1S/C12H18N2O/c1-12(2,3)10-6-11(13-15-10)14-7-8-4-9(14)5-8/h6,8-9H,4-5,7H2,1-3H3. The van der Waals surface area contributed by atoms with Crippen molar-refractivity contribution >= 4 is 5.82 Å². The first-order valence-electron chi connectivity index (χ1n) is 5.78. The fourth-order valence-corrected chi connectivity index (χ4v) is 2.57. The second-order valence-electron chi connectivity index (χ2n) is 5.94. The third kappa shape index (κ3) is 1.36. The Morgan fingerprint density at radius 3 is 2.60 bits per heavy atom. The van der Waals surface area contributed by atoms with Crippen molar-refractivity contribution in [2.45, 2.75) is 45.1 Å². The molecule has 3 aliphatic rings. The van der Waals surface area contributed by atoms with Gasteiger partial charge in [0.1, 0.15) is 5.76 Å². The lowest BCUT2D eigenvalue weighted by atomic mass is 9.86. The Kier molecular flexibility index (Phi) is 1.71. The third-order valence-electron chi connectivity index (χ3n) is 3.64. The molecule has 82 valence electrons. The van der Waals surface area contributed by atoms with Crippen molar-refractivity contribution in [1.82, 2.24) is 5.16 Å². The maximum absolute atomic E-state index is 5.42. The zero-order valence-electron chi connectivity index (χ0n) is 9.66. The van der Waals surface area contributed by atoms with Gasteiger partial charge < -0.3 is 9.42 Å². The van der Waals surface area contributed by atoms with Crippen LogP contribution >= 0.6 is 0 Å². The molecule has 3 nitrogen and oxygen atoms in total. The van der Waals surface area contributed by atoms with Crippen LogP contribution in [-0.4, -0.2) is 17.7 Å². The summed E-state index contributed by atoms with van der Waals surface area (Å²) in [5, 5.41) is 4.19.